The standard InChI is InChI=1S/C14H25NO4/c1-9-5-6-10(19-9)7-8-11(16)15-12(13(17)18)14(2,3)4/h9-10,12H,5-8H2,1-4H3,(H,15,16)(H,17,18)/t9-,10-,12+/m1/s1. The van der Waals surface area contributed by atoms with Gasteiger partial charge in [0.15, 0.2) is 0 Å². The van der Waals surface area contributed by atoms with Crippen LogP contribution >= 0.6 is 0 Å². The van der Waals surface area contributed by atoms with Gasteiger partial charge in [0.05, 0.1) is 12.2 Å². The Morgan fingerprint density at radius 2 is 2.00 bits per heavy atom. The third kappa shape index (κ3) is 5.19. The predicted octanol–water partition coefficient (Wildman–Crippen LogP) is 1.95. The van der Waals surface area contributed by atoms with Crippen LogP contribution in [-0.2, 0) is 14.3 Å². The number of hydrogen-bond acceptors (Lipinski definition) is 3. The van der Waals surface area contributed by atoms with Gasteiger partial charge in [-0.05, 0) is 31.6 Å². The molecule has 1 heterocycles. The van der Waals surface area contributed by atoms with Crippen LogP contribution in [0.4, 0.5) is 0 Å². The van der Waals surface area contributed by atoms with Crippen molar-refractivity contribution in [2.24, 2.45) is 5.41 Å². The molecule has 1 fully saturated rings. The van der Waals surface area contributed by atoms with E-state index in [1.165, 1.54) is 0 Å². The Morgan fingerprint density at radius 3 is 2.42 bits per heavy atom. The van der Waals surface area contributed by atoms with Gasteiger partial charge in [0.1, 0.15) is 6.04 Å². The second-order valence-electron chi connectivity index (χ2n) is 6.39. The number of aliphatic carboxylic acids is 1. The summed E-state index contributed by atoms with van der Waals surface area (Å²) in [7, 11) is 0. The summed E-state index contributed by atoms with van der Waals surface area (Å²) in [5.74, 6) is -1.21. The van der Waals surface area contributed by atoms with Crippen LogP contribution in [-0.4, -0.2) is 35.2 Å². The Labute approximate surface area is 114 Å². The summed E-state index contributed by atoms with van der Waals surface area (Å²) in [4.78, 5) is 23.0. The quantitative estimate of drug-likeness (QED) is 0.801. The Bertz CT molecular complexity index is 335. The zero-order valence-electron chi connectivity index (χ0n) is 12.2. The van der Waals surface area contributed by atoms with E-state index in [0.29, 0.717) is 12.8 Å². The minimum absolute atomic E-state index is 0.138. The van der Waals surface area contributed by atoms with Gasteiger partial charge < -0.3 is 15.2 Å². The maximum absolute atomic E-state index is 11.8. The van der Waals surface area contributed by atoms with Crippen molar-refractivity contribution in [2.75, 3.05) is 0 Å². The molecule has 1 rings (SSSR count). The number of carboxylic acids is 1. The molecule has 0 radical (unpaired) electrons. The van der Waals surface area contributed by atoms with Crippen LogP contribution in [0, 0.1) is 5.41 Å². The first-order chi connectivity index (χ1) is 8.70. The highest BCUT2D eigenvalue weighted by Gasteiger charge is 2.32. The molecule has 5 nitrogen and oxygen atoms in total. The van der Waals surface area contributed by atoms with E-state index in [4.69, 9.17) is 9.84 Å². The third-order valence-electron chi connectivity index (χ3n) is 3.43. The van der Waals surface area contributed by atoms with Gasteiger partial charge in [-0.25, -0.2) is 4.79 Å². The highest BCUT2D eigenvalue weighted by atomic mass is 16.5. The van der Waals surface area contributed by atoms with E-state index in [-0.39, 0.29) is 18.1 Å². The van der Waals surface area contributed by atoms with Gasteiger partial charge in [-0.15, -0.1) is 0 Å². The molecular formula is C14H25NO4. The van der Waals surface area contributed by atoms with Crippen molar-refractivity contribution in [3.63, 3.8) is 0 Å². The Morgan fingerprint density at radius 1 is 1.37 bits per heavy atom. The molecule has 2 N–H and O–H groups in total. The molecule has 0 bridgehead atoms. The monoisotopic (exact) mass is 271 g/mol. The lowest BCUT2D eigenvalue weighted by molar-refractivity contribution is -0.145. The predicted molar refractivity (Wildman–Crippen MR) is 71.8 cm³/mol. The highest BCUT2D eigenvalue weighted by Crippen LogP contribution is 2.23. The van der Waals surface area contributed by atoms with E-state index in [0.717, 1.165) is 12.8 Å². The summed E-state index contributed by atoms with van der Waals surface area (Å²) in [5, 5.41) is 11.7. The van der Waals surface area contributed by atoms with E-state index in [1.807, 2.05) is 6.92 Å². The summed E-state index contributed by atoms with van der Waals surface area (Å²) < 4.78 is 5.64. The molecule has 0 unspecified atom stereocenters. The molecule has 0 aromatic heterocycles. The van der Waals surface area contributed by atoms with E-state index in [2.05, 4.69) is 5.32 Å². The summed E-state index contributed by atoms with van der Waals surface area (Å²) >= 11 is 0. The second kappa shape index (κ2) is 6.37. The molecule has 0 aliphatic carbocycles. The molecule has 1 amide bonds. The maximum atomic E-state index is 11.8. The van der Waals surface area contributed by atoms with Crippen molar-refractivity contribution in [1.29, 1.82) is 0 Å². The van der Waals surface area contributed by atoms with Gasteiger partial charge in [0.25, 0.3) is 0 Å². The van der Waals surface area contributed by atoms with E-state index < -0.39 is 17.4 Å². The van der Waals surface area contributed by atoms with Crippen molar-refractivity contribution in [3.05, 3.63) is 0 Å². The average molecular weight is 271 g/mol. The minimum Gasteiger partial charge on any atom is -0.480 e. The Hall–Kier alpha value is -1.10. The van der Waals surface area contributed by atoms with Crippen LogP contribution in [0.15, 0.2) is 0 Å². The van der Waals surface area contributed by atoms with Gasteiger partial charge in [-0.2, -0.15) is 0 Å². The summed E-state index contributed by atoms with van der Waals surface area (Å²) in [6, 6.07) is -0.858. The van der Waals surface area contributed by atoms with Crippen LogP contribution < -0.4 is 5.32 Å². The van der Waals surface area contributed by atoms with Crippen LogP contribution in [0.1, 0.15) is 53.4 Å². The minimum atomic E-state index is -0.994. The number of carbonyl (C=O) groups excluding carboxylic acids is 1. The number of carboxylic acid groups (broad SMARTS) is 1. The first-order valence-electron chi connectivity index (χ1n) is 6.87. The Kier molecular flexibility index (Phi) is 5.35. The van der Waals surface area contributed by atoms with E-state index in [1.54, 1.807) is 20.8 Å². The molecule has 110 valence electrons. The van der Waals surface area contributed by atoms with Crippen molar-refractivity contribution in [2.45, 2.75) is 71.6 Å². The SMILES string of the molecule is C[C@@H]1CC[C@H](CCC(=O)N[C@@H](C(=O)O)C(C)(C)C)O1. The first kappa shape index (κ1) is 16.0. The lowest BCUT2D eigenvalue weighted by Crippen LogP contribution is -2.49. The lowest BCUT2D eigenvalue weighted by Gasteiger charge is -2.27. The topological polar surface area (TPSA) is 75.6 Å². The summed E-state index contributed by atoms with van der Waals surface area (Å²) in [5.41, 5.74) is -0.500. The maximum Gasteiger partial charge on any atom is 0.326 e. The van der Waals surface area contributed by atoms with Gasteiger partial charge >= 0.3 is 5.97 Å². The van der Waals surface area contributed by atoms with Crippen LogP contribution in [0.2, 0.25) is 0 Å². The van der Waals surface area contributed by atoms with Crippen LogP contribution in [0.3, 0.4) is 0 Å². The zero-order chi connectivity index (χ0) is 14.6. The van der Waals surface area contributed by atoms with Crippen molar-refractivity contribution in [1.82, 2.24) is 5.32 Å². The smallest absolute Gasteiger partial charge is 0.326 e. The largest absolute Gasteiger partial charge is 0.480 e. The molecule has 0 spiro atoms. The molecule has 1 saturated heterocycles. The third-order valence-corrected chi connectivity index (χ3v) is 3.43. The average Bonchev–Trinajstić information content (AvgIpc) is 2.67. The number of hydrogen-bond donors (Lipinski definition) is 2. The molecule has 3 atom stereocenters. The second-order valence-corrected chi connectivity index (χ2v) is 6.39. The van der Waals surface area contributed by atoms with Gasteiger partial charge in [-0.1, -0.05) is 20.8 Å². The summed E-state index contributed by atoms with van der Waals surface area (Å²) in [6.07, 6.45) is 3.40. The molecule has 1 aliphatic heterocycles. The molecular weight excluding hydrogens is 246 g/mol. The van der Waals surface area contributed by atoms with Crippen molar-refractivity contribution in [3.8, 4) is 0 Å². The van der Waals surface area contributed by atoms with Crippen LogP contribution in [0.25, 0.3) is 0 Å². The molecule has 0 aromatic carbocycles. The highest BCUT2D eigenvalue weighted by molar-refractivity contribution is 5.84. The fourth-order valence-corrected chi connectivity index (χ4v) is 2.27. The zero-order valence-corrected chi connectivity index (χ0v) is 12.2. The van der Waals surface area contributed by atoms with Gasteiger partial charge in [-0.3, -0.25) is 4.79 Å². The molecule has 1 aliphatic rings. The fraction of sp³-hybridized carbons (Fsp3) is 0.857. The fourth-order valence-electron chi connectivity index (χ4n) is 2.27. The summed E-state index contributed by atoms with van der Waals surface area (Å²) in [6.45, 7) is 7.43. The molecule has 5 heteroatoms. The number of ether oxygens (including phenoxy) is 1. The van der Waals surface area contributed by atoms with E-state index in [9.17, 15) is 9.59 Å². The number of nitrogens with one attached hydrogen (secondary N) is 1. The van der Waals surface area contributed by atoms with Gasteiger partial charge in [0.2, 0.25) is 5.91 Å². The van der Waals surface area contributed by atoms with Crippen molar-refractivity contribution < 1.29 is 19.4 Å². The first-order valence-corrected chi connectivity index (χ1v) is 6.87. The number of carbonyl (C=O) groups is 2. The Balaban J connectivity index is 2.39. The van der Waals surface area contributed by atoms with Gasteiger partial charge in [0, 0.05) is 6.42 Å². The molecule has 0 aromatic rings. The lowest BCUT2D eigenvalue weighted by atomic mass is 9.86. The molecule has 19 heavy (non-hydrogen) atoms. The van der Waals surface area contributed by atoms with Crippen LogP contribution in [0.5, 0.6) is 0 Å². The van der Waals surface area contributed by atoms with Crippen molar-refractivity contribution >= 4 is 11.9 Å². The van der Waals surface area contributed by atoms with E-state index >= 15 is 0 Å². The number of amides is 1. The normalized spacial score (nSPS) is 25.1. The number of rotatable bonds is 5. The molecule has 0 saturated carbocycles.